The van der Waals surface area contributed by atoms with Crippen molar-refractivity contribution in [3.63, 3.8) is 0 Å². The molecule has 6 rings (SSSR count). The zero-order valence-electron chi connectivity index (χ0n) is 26.8. The lowest BCUT2D eigenvalue weighted by Crippen LogP contribution is -2.48. The third-order valence-electron chi connectivity index (χ3n) is 11.1. The molecule has 4 nitrogen and oxygen atoms in total. The summed E-state index contributed by atoms with van der Waals surface area (Å²) in [5, 5.41) is -0.00355. The van der Waals surface area contributed by atoms with Gasteiger partial charge in [-0.1, -0.05) is 69.7 Å². The van der Waals surface area contributed by atoms with Crippen molar-refractivity contribution in [2.75, 3.05) is 13.2 Å². The number of benzene rings is 1. The maximum absolute atomic E-state index is 15.8. The van der Waals surface area contributed by atoms with Gasteiger partial charge in [0.05, 0.1) is 22.2 Å². The van der Waals surface area contributed by atoms with Crippen molar-refractivity contribution in [1.82, 2.24) is 4.98 Å². The van der Waals surface area contributed by atoms with Crippen molar-refractivity contribution < 1.29 is 31.5 Å². The molecule has 2 fully saturated rings. The van der Waals surface area contributed by atoms with Crippen LogP contribution in [0.2, 0.25) is 18.1 Å². The van der Waals surface area contributed by atoms with Gasteiger partial charge in [0.15, 0.2) is 8.32 Å². The van der Waals surface area contributed by atoms with Crippen LogP contribution in [0.3, 0.4) is 0 Å². The molecule has 1 saturated heterocycles. The number of alkyl halides is 4. The molecule has 2 aliphatic heterocycles. The molecule has 2 aliphatic carbocycles. The Morgan fingerprint density at radius 2 is 1.80 bits per heavy atom. The van der Waals surface area contributed by atoms with E-state index in [1.165, 1.54) is 12.5 Å². The average Bonchev–Trinajstić information content (AvgIpc) is 3.22. The van der Waals surface area contributed by atoms with Crippen molar-refractivity contribution >= 4 is 30.9 Å². The Morgan fingerprint density at radius 3 is 2.34 bits per heavy atom. The van der Waals surface area contributed by atoms with E-state index in [1.54, 1.807) is 0 Å². The number of ether oxygens (including phenoxy) is 2. The molecule has 2 aromatic rings. The van der Waals surface area contributed by atoms with E-state index >= 15 is 4.39 Å². The van der Waals surface area contributed by atoms with Crippen molar-refractivity contribution in [2.24, 2.45) is 5.41 Å². The molecular formula is C34H44F4INO3Si. The van der Waals surface area contributed by atoms with Crippen LogP contribution in [0.4, 0.5) is 17.6 Å². The van der Waals surface area contributed by atoms with Crippen LogP contribution < -0.4 is 0 Å². The van der Waals surface area contributed by atoms with Crippen LogP contribution in [0.15, 0.2) is 18.2 Å². The Labute approximate surface area is 273 Å². The van der Waals surface area contributed by atoms with E-state index in [-0.39, 0.29) is 32.0 Å². The summed E-state index contributed by atoms with van der Waals surface area (Å²) < 4.78 is 76.6. The van der Waals surface area contributed by atoms with E-state index in [2.05, 4.69) is 70.3 Å². The van der Waals surface area contributed by atoms with E-state index < -0.39 is 37.6 Å². The van der Waals surface area contributed by atoms with Gasteiger partial charge in [0.1, 0.15) is 17.5 Å². The third kappa shape index (κ3) is 5.30. The van der Waals surface area contributed by atoms with Gasteiger partial charge in [0, 0.05) is 46.7 Å². The molecule has 4 aliphatic rings. The van der Waals surface area contributed by atoms with E-state index in [4.69, 9.17) is 18.9 Å². The minimum absolute atomic E-state index is 0.000613. The lowest BCUT2D eigenvalue weighted by molar-refractivity contribution is -0.138. The molecule has 1 aromatic heterocycles. The van der Waals surface area contributed by atoms with Crippen molar-refractivity contribution in [3.05, 3.63) is 63.2 Å². The highest BCUT2D eigenvalue weighted by atomic mass is 127. The first-order valence-corrected chi connectivity index (χ1v) is 20.1. The van der Waals surface area contributed by atoms with Crippen LogP contribution in [0.5, 0.6) is 0 Å². The summed E-state index contributed by atoms with van der Waals surface area (Å²) in [6, 6.07) is 2.81. The Hall–Kier alpha value is -1.08. The normalized spacial score (nSPS) is 28.3. The second-order valence-electron chi connectivity index (χ2n) is 15.3. The van der Waals surface area contributed by atoms with Crippen LogP contribution >= 0.6 is 22.6 Å². The monoisotopic (exact) mass is 745 g/mol. The Balaban J connectivity index is 1.62. The van der Waals surface area contributed by atoms with Crippen molar-refractivity contribution in [3.8, 4) is 0 Å². The first kappa shape index (κ1) is 32.8. The fourth-order valence-electron chi connectivity index (χ4n) is 7.52. The van der Waals surface area contributed by atoms with Gasteiger partial charge in [-0.05, 0) is 67.3 Å². The molecule has 44 heavy (non-hydrogen) atoms. The quantitative estimate of drug-likeness (QED) is 0.135. The molecule has 2 spiro atoms. The number of nitrogens with zero attached hydrogens (tertiary/aromatic N) is 1. The summed E-state index contributed by atoms with van der Waals surface area (Å²) in [4.78, 5) is 5.39. The maximum Gasteiger partial charge on any atom is 0.416 e. The Kier molecular flexibility index (Phi) is 8.20. The lowest BCUT2D eigenvalue weighted by Gasteiger charge is -2.51. The summed E-state index contributed by atoms with van der Waals surface area (Å²) in [7, 11) is -2.23. The molecule has 0 amide bonds. The SMILES string of the molecule is CC(C)c1nc2c(c3c1[C@@H](c1ccc(C(F)(F)F)cc1F)OC31CCOCC1I)C(O[Si](C)(C)C(C)(C)C)CC1(CCC1)C2. The largest absolute Gasteiger partial charge is 0.416 e. The smallest absolute Gasteiger partial charge is 0.410 e. The molecule has 4 atom stereocenters. The molecule has 10 heteroatoms. The van der Waals surface area contributed by atoms with E-state index in [1.807, 2.05) is 0 Å². The van der Waals surface area contributed by atoms with Gasteiger partial charge >= 0.3 is 6.18 Å². The number of hydrogen-bond acceptors (Lipinski definition) is 4. The Morgan fingerprint density at radius 1 is 1.09 bits per heavy atom. The molecule has 242 valence electrons. The predicted octanol–water partition coefficient (Wildman–Crippen LogP) is 10.1. The molecule has 0 radical (unpaired) electrons. The predicted molar refractivity (Wildman–Crippen MR) is 173 cm³/mol. The minimum atomic E-state index is -4.64. The van der Waals surface area contributed by atoms with Gasteiger partial charge in [-0.3, -0.25) is 4.98 Å². The molecule has 0 bridgehead atoms. The fourth-order valence-corrected chi connectivity index (χ4v) is 9.81. The molecule has 0 N–H and O–H groups in total. The number of halogens is 5. The van der Waals surface area contributed by atoms with Gasteiger partial charge in [-0.2, -0.15) is 13.2 Å². The van der Waals surface area contributed by atoms with E-state index in [9.17, 15) is 13.2 Å². The van der Waals surface area contributed by atoms with Gasteiger partial charge in [0.25, 0.3) is 0 Å². The van der Waals surface area contributed by atoms with E-state index in [0.717, 1.165) is 59.8 Å². The molecule has 1 aromatic carbocycles. The summed E-state index contributed by atoms with van der Waals surface area (Å²) in [6.07, 6.45) is 0.184. The summed E-state index contributed by atoms with van der Waals surface area (Å²) >= 11 is 2.39. The topological polar surface area (TPSA) is 40.6 Å². The summed E-state index contributed by atoms with van der Waals surface area (Å²) in [5.41, 5.74) is 3.32. The van der Waals surface area contributed by atoms with E-state index in [0.29, 0.717) is 25.7 Å². The maximum atomic E-state index is 15.8. The minimum Gasteiger partial charge on any atom is -0.410 e. The molecule has 1 saturated carbocycles. The molecule has 3 unspecified atom stereocenters. The van der Waals surface area contributed by atoms with Crippen molar-refractivity contribution in [1.29, 1.82) is 0 Å². The van der Waals surface area contributed by atoms with Gasteiger partial charge < -0.3 is 13.9 Å². The number of pyridine rings is 1. The highest BCUT2D eigenvalue weighted by molar-refractivity contribution is 14.1. The van der Waals surface area contributed by atoms with Crippen molar-refractivity contribution in [2.45, 2.75) is 125 Å². The van der Waals surface area contributed by atoms with Crippen LogP contribution in [0.1, 0.15) is 124 Å². The van der Waals surface area contributed by atoms with Crippen LogP contribution in [-0.4, -0.2) is 30.4 Å². The standard InChI is InChI=1S/C34H44F4INO3Si/c1-19(2)29-27-28(26-23(40-29)16-32(11-8-12-32)17-24(26)43-44(6,7)31(3,4)5)33(13-14-41-18-25(33)39)42-30(27)21-10-9-20(15-22(21)35)34(36,37)38/h9-10,15,19,24-25,30H,8,11-14,16-18H2,1-7H3/t24?,25?,30-,33?/m1/s1. The fraction of sp³-hybridized carbons (Fsp3) is 0.676. The first-order valence-electron chi connectivity index (χ1n) is 15.9. The number of fused-ring (bicyclic) bond motifs is 4. The Bertz CT molecular complexity index is 1450. The second-order valence-corrected chi connectivity index (χ2v) is 21.6. The zero-order chi connectivity index (χ0) is 32.0. The van der Waals surface area contributed by atoms with Crippen LogP contribution in [-0.2, 0) is 32.1 Å². The molecule has 3 heterocycles. The summed E-state index contributed by atoms with van der Waals surface area (Å²) in [6.45, 7) is 16.4. The van der Waals surface area contributed by atoms with Gasteiger partial charge in [0.2, 0.25) is 0 Å². The van der Waals surface area contributed by atoms with Crippen LogP contribution in [0.25, 0.3) is 0 Å². The first-order chi connectivity index (χ1) is 20.4. The number of rotatable bonds is 4. The summed E-state index contributed by atoms with van der Waals surface area (Å²) in [5.74, 6) is -0.917. The highest BCUT2D eigenvalue weighted by Gasteiger charge is 2.58. The van der Waals surface area contributed by atoms with Gasteiger partial charge in [-0.15, -0.1) is 0 Å². The molecular weight excluding hydrogens is 701 g/mol. The van der Waals surface area contributed by atoms with Gasteiger partial charge in [-0.25, -0.2) is 4.39 Å². The number of aromatic nitrogens is 1. The van der Waals surface area contributed by atoms with Crippen LogP contribution in [0, 0.1) is 11.2 Å². The average molecular weight is 746 g/mol. The zero-order valence-corrected chi connectivity index (χ0v) is 29.9. The number of hydrogen-bond donors (Lipinski definition) is 0. The third-order valence-corrected chi connectivity index (χ3v) is 16.9. The highest BCUT2D eigenvalue weighted by Crippen LogP contribution is 2.62. The second kappa shape index (κ2) is 11.0. The lowest BCUT2D eigenvalue weighted by atomic mass is 9.58.